The maximum absolute atomic E-state index is 10.5. The molecule has 0 aromatic heterocycles. The van der Waals surface area contributed by atoms with Crippen molar-refractivity contribution in [1.82, 2.24) is 0 Å². The number of rotatable bonds is 5. The molecule has 1 aliphatic rings. The van der Waals surface area contributed by atoms with Crippen molar-refractivity contribution in [3.8, 4) is 0 Å². The van der Waals surface area contributed by atoms with Gasteiger partial charge >= 0.3 is 5.97 Å². The van der Waals surface area contributed by atoms with Gasteiger partial charge in [-0.05, 0) is 24.1 Å². The number of aliphatic carboxylic acids is 1. The van der Waals surface area contributed by atoms with E-state index in [1.807, 2.05) is 24.3 Å². The number of benzene rings is 1. The van der Waals surface area contributed by atoms with E-state index in [9.17, 15) is 4.79 Å². The van der Waals surface area contributed by atoms with Crippen LogP contribution in [-0.4, -0.2) is 30.1 Å². The van der Waals surface area contributed by atoms with Crippen LogP contribution in [-0.2, 0) is 20.7 Å². The molecule has 0 amide bonds. The number of halogens is 1. The molecule has 0 saturated carbocycles. The molecule has 2 atom stereocenters. The number of carboxylic acid groups (broad SMARTS) is 1. The zero-order valence-electron chi connectivity index (χ0n) is 9.84. The van der Waals surface area contributed by atoms with E-state index < -0.39 is 5.97 Å². The minimum Gasteiger partial charge on any atom is -0.481 e. The van der Waals surface area contributed by atoms with E-state index in [2.05, 4.69) is 0 Å². The molecule has 0 aliphatic carbocycles. The molecule has 1 saturated heterocycles. The van der Waals surface area contributed by atoms with E-state index in [1.165, 1.54) is 0 Å². The predicted octanol–water partition coefficient (Wildman–Crippen LogP) is 2.49. The molecule has 0 spiro atoms. The van der Waals surface area contributed by atoms with Crippen molar-refractivity contribution in [2.45, 2.75) is 31.7 Å². The lowest BCUT2D eigenvalue weighted by molar-refractivity contribution is -0.137. The minimum atomic E-state index is -0.806. The molecule has 5 heteroatoms. The average molecular weight is 271 g/mol. The maximum Gasteiger partial charge on any atom is 0.303 e. The highest BCUT2D eigenvalue weighted by molar-refractivity contribution is 6.30. The van der Waals surface area contributed by atoms with Gasteiger partial charge < -0.3 is 14.6 Å². The molecule has 1 heterocycles. The van der Waals surface area contributed by atoms with Crippen molar-refractivity contribution >= 4 is 17.6 Å². The fourth-order valence-corrected chi connectivity index (χ4v) is 1.99. The third-order valence-corrected chi connectivity index (χ3v) is 3.06. The summed E-state index contributed by atoms with van der Waals surface area (Å²) in [6.45, 7) is 0.464. The lowest BCUT2D eigenvalue weighted by Crippen LogP contribution is -2.15. The van der Waals surface area contributed by atoms with Crippen LogP contribution < -0.4 is 0 Å². The Morgan fingerprint density at radius 2 is 2.11 bits per heavy atom. The monoisotopic (exact) mass is 270 g/mol. The molecule has 1 aromatic rings. The van der Waals surface area contributed by atoms with Crippen LogP contribution in [0.5, 0.6) is 0 Å². The van der Waals surface area contributed by atoms with E-state index >= 15 is 0 Å². The Morgan fingerprint density at radius 1 is 1.39 bits per heavy atom. The first-order valence-electron chi connectivity index (χ1n) is 5.87. The standard InChI is InChI=1S/C13H15ClO4/c14-10-3-1-9(2-4-10)7-13-17-8-11(18-13)5-6-12(15)16/h1-4,11,13H,5-8H2,(H,15,16). The van der Waals surface area contributed by atoms with Crippen LogP contribution in [0.25, 0.3) is 0 Å². The molecule has 1 fully saturated rings. The Kier molecular flexibility index (Phi) is 4.58. The van der Waals surface area contributed by atoms with Crippen molar-refractivity contribution in [2.75, 3.05) is 6.61 Å². The number of hydrogen-bond donors (Lipinski definition) is 1. The van der Waals surface area contributed by atoms with Crippen molar-refractivity contribution < 1.29 is 19.4 Å². The Morgan fingerprint density at radius 3 is 2.78 bits per heavy atom. The summed E-state index contributed by atoms with van der Waals surface area (Å²) in [6, 6.07) is 7.51. The summed E-state index contributed by atoms with van der Waals surface area (Å²) in [6.07, 6.45) is 0.859. The second-order valence-corrected chi connectivity index (χ2v) is 4.72. The van der Waals surface area contributed by atoms with Gasteiger partial charge in [-0.3, -0.25) is 4.79 Å². The predicted molar refractivity (Wildman–Crippen MR) is 66.6 cm³/mol. The molecule has 1 N–H and O–H groups in total. The Bertz CT molecular complexity index is 404. The number of carbonyl (C=O) groups is 1. The molecule has 4 nitrogen and oxygen atoms in total. The summed E-state index contributed by atoms with van der Waals surface area (Å²) in [7, 11) is 0. The van der Waals surface area contributed by atoms with Crippen LogP contribution in [0.3, 0.4) is 0 Å². The summed E-state index contributed by atoms with van der Waals surface area (Å²) in [5.41, 5.74) is 1.09. The lowest BCUT2D eigenvalue weighted by Gasteiger charge is -2.11. The first-order chi connectivity index (χ1) is 8.63. The first-order valence-corrected chi connectivity index (χ1v) is 6.24. The fourth-order valence-electron chi connectivity index (χ4n) is 1.86. The van der Waals surface area contributed by atoms with Crippen LogP contribution in [0.2, 0.25) is 5.02 Å². The minimum absolute atomic E-state index is 0.113. The molecular formula is C13H15ClO4. The Hall–Kier alpha value is -1.10. The molecule has 1 aromatic carbocycles. The van der Waals surface area contributed by atoms with Gasteiger partial charge in [0.2, 0.25) is 0 Å². The number of hydrogen-bond acceptors (Lipinski definition) is 3. The van der Waals surface area contributed by atoms with Gasteiger partial charge in [-0.2, -0.15) is 0 Å². The second kappa shape index (κ2) is 6.18. The van der Waals surface area contributed by atoms with Crippen LogP contribution in [0, 0.1) is 0 Å². The highest BCUT2D eigenvalue weighted by Gasteiger charge is 2.26. The van der Waals surface area contributed by atoms with Crippen molar-refractivity contribution in [1.29, 1.82) is 0 Å². The summed E-state index contributed by atoms with van der Waals surface area (Å²) in [5.74, 6) is -0.806. The summed E-state index contributed by atoms with van der Waals surface area (Å²) < 4.78 is 11.1. The molecule has 0 radical (unpaired) electrons. The van der Waals surface area contributed by atoms with Gasteiger partial charge in [0.25, 0.3) is 0 Å². The van der Waals surface area contributed by atoms with Gasteiger partial charge in [0.15, 0.2) is 6.29 Å². The van der Waals surface area contributed by atoms with Crippen LogP contribution in [0.15, 0.2) is 24.3 Å². The van der Waals surface area contributed by atoms with Crippen molar-refractivity contribution in [2.24, 2.45) is 0 Å². The normalized spacial score (nSPS) is 23.2. The van der Waals surface area contributed by atoms with Gasteiger partial charge in [0.05, 0.1) is 12.7 Å². The average Bonchev–Trinajstić information content (AvgIpc) is 2.77. The maximum atomic E-state index is 10.5. The molecule has 2 unspecified atom stereocenters. The molecule has 1 aliphatic heterocycles. The van der Waals surface area contributed by atoms with Crippen LogP contribution in [0.4, 0.5) is 0 Å². The number of carboxylic acids is 1. The van der Waals surface area contributed by atoms with Gasteiger partial charge in [-0.25, -0.2) is 0 Å². The SMILES string of the molecule is O=C(O)CCC1COC(Cc2ccc(Cl)cc2)O1. The molecule has 98 valence electrons. The Labute approximate surface area is 110 Å². The zero-order chi connectivity index (χ0) is 13.0. The highest BCUT2D eigenvalue weighted by Crippen LogP contribution is 2.20. The van der Waals surface area contributed by atoms with Crippen molar-refractivity contribution in [3.63, 3.8) is 0 Å². The van der Waals surface area contributed by atoms with Gasteiger partial charge in [-0.15, -0.1) is 0 Å². The van der Waals surface area contributed by atoms with Gasteiger partial charge in [0, 0.05) is 17.9 Å². The van der Waals surface area contributed by atoms with Gasteiger partial charge in [0.1, 0.15) is 0 Å². The van der Waals surface area contributed by atoms with E-state index in [4.69, 9.17) is 26.2 Å². The van der Waals surface area contributed by atoms with E-state index in [1.54, 1.807) is 0 Å². The largest absolute Gasteiger partial charge is 0.481 e. The topological polar surface area (TPSA) is 55.8 Å². The summed E-state index contributed by atoms with van der Waals surface area (Å²) in [4.78, 5) is 10.5. The molecule has 2 rings (SSSR count). The third-order valence-electron chi connectivity index (χ3n) is 2.81. The second-order valence-electron chi connectivity index (χ2n) is 4.28. The smallest absolute Gasteiger partial charge is 0.303 e. The molecule has 18 heavy (non-hydrogen) atoms. The van der Waals surface area contributed by atoms with E-state index in [0.29, 0.717) is 24.5 Å². The van der Waals surface area contributed by atoms with Crippen LogP contribution >= 0.6 is 11.6 Å². The quantitative estimate of drug-likeness (QED) is 0.893. The van der Waals surface area contributed by atoms with E-state index in [0.717, 1.165) is 5.56 Å². The van der Waals surface area contributed by atoms with Gasteiger partial charge in [-0.1, -0.05) is 23.7 Å². The first kappa shape index (κ1) is 13.3. The summed E-state index contributed by atoms with van der Waals surface area (Å²) >= 11 is 5.80. The van der Waals surface area contributed by atoms with E-state index in [-0.39, 0.29) is 18.8 Å². The lowest BCUT2D eigenvalue weighted by atomic mass is 10.1. The Balaban J connectivity index is 1.78. The third kappa shape index (κ3) is 3.98. The fraction of sp³-hybridized carbons (Fsp3) is 0.462. The highest BCUT2D eigenvalue weighted by atomic mass is 35.5. The summed E-state index contributed by atoms with van der Waals surface area (Å²) in [5, 5.41) is 9.29. The van der Waals surface area contributed by atoms with Crippen molar-refractivity contribution in [3.05, 3.63) is 34.9 Å². The number of ether oxygens (including phenoxy) is 2. The molecular weight excluding hydrogens is 256 g/mol. The van der Waals surface area contributed by atoms with Crippen LogP contribution in [0.1, 0.15) is 18.4 Å². The zero-order valence-corrected chi connectivity index (χ0v) is 10.6. The molecule has 0 bridgehead atoms.